The molecular weight excluding hydrogens is 318 g/mol. The maximum absolute atomic E-state index is 11.6. The van der Waals surface area contributed by atoms with Gasteiger partial charge in [-0.05, 0) is 24.6 Å². The van der Waals surface area contributed by atoms with E-state index < -0.39 is 5.97 Å². The SMILES string of the molecule is CC(=O)N1CCc2c(c(C(=O)O)nn2-c2cccc(Cl)c2C)C1. The zero-order chi connectivity index (χ0) is 16.7. The summed E-state index contributed by atoms with van der Waals surface area (Å²) in [6, 6.07) is 5.45. The fourth-order valence-electron chi connectivity index (χ4n) is 2.88. The summed E-state index contributed by atoms with van der Waals surface area (Å²) in [5.74, 6) is -1.16. The third-order valence-electron chi connectivity index (χ3n) is 4.17. The Balaban J connectivity index is 2.17. The molecule has 0 fully saturated rings. The number of carbonyl (C=O) groups is 2. The van der Waals surface area contributed by atoms with Gasteiger partial charge in [0.25, 0.3) is 0 Å². The minimum atomic E-state index is -1.09. The zero-order valence-corrected chi connectivity index (χ0v) is 13.6. The normalized spacial score (nSPS) is 13.8. The number of halogens is 1. The van der Waals surface area contributed by atoms with Crippen LogP contribution in [0, 0.1) is 6.92 Å². The highest BCUT2D eigenvalue weighted by atomic mass is 35.5. The van der Waals surface area contributed by atoms with Gasteiger partial charge in [0.1, 0.15) is 0 Å². The standard InChI is InChI=1S/C16H16ClN3O3/c1-9-12(17)4-3-5-13(9)20-14-6-7-19(10(2)21)8-11(14)15(18-20)16(22)23/h3-5H,6-8H2,1-2H3,(H,22,23). The van der Waals surface area contributed by atoms with Gasteiger partial charge in [-0.15, -0.1) is 0 Å². The number of hydrogen-bond acceptors (Lipinski definition) is 3. The molecule has 0 atom stereocenters. The van der Waals surface area contributed by atoms with E-state index in [0.717, 1.165) is 16.9 Å². The first-order valence-corrected chi connectivity index (χ1v) is 7.63. The largest absolute Gasteiger partial charge is 0.476 e. The zero-order valence-electron chi connectivity index (χ0n) is 12.8. The quantitative estimate of drug-likeness (QED) is 0.916. The van der Waals surface area contributed by atoms with Crippen molar-refractivity contribution in [2.24, 2.45) is 0 Å². The molecule has 1 aliphatic rings. The molecular formula is C16H16ClN3O3. The molecule has 0 aliphatic carbocycles. The lowest BCUT2D eigenvalue weighted by atomic mass is 10.0. The minimum absolute atomic E-state index is 0.00896. The van der Waals surface area contributed by atoms with Crippen molar-refractivity contribution in [3.63, 3.8) is 0 Å². The summed E-state index contributed by atoms with van der Waals surface area (Å²) >= 11 is 6.17. The van der Waals surface area contributed by atoms with Gasteiger partial charge >= 0.3 is 5.97 Å². The van der Waals surface area contributed by atoms with Crippen LogP contribution in [0.25, 0.3) is 5.69 Å². The number of hydrogen-bond donors (Lipinski definition) is 1. The molecule has 1 amide bonds. The van der Waals surface area contributed by atoms with E-state index in [-0.39, 0.29) is 18.1 Å². The van der Waals surface area contributed by atoms with Crippen molar-refractivity contribution in [2.45, 2.75) is 26.8 Å². The number of rotatable bonds is 2. The van der Waals surface area contributed by atoms with Crippen LogP contribution in [0.15, 0.2) is 18.2 Å². The summed E-state index contributed by atoms with van der Waals surface area (Å²) in [7, 11) is 0. The summed E-state index contributed by atoms with van der Waals surface area (Å²) in [5, 5.41) is 14.3. The van der Waals surface area contributed by atoms with Crippen LogP contribution in [-0.4, -0.2) is 38.2 Å². The Labute approximate surface area is 138 Å². The Hall–Kier alpha value is -2.34. The Bertz CT molecular complexity index is 813. The fourth-order valence-corrected chi connectivity index (χ4v) is 3.05. The van der Waals surface area contributed by atoms with E-state index in [4.69, 9.17) is 11.6 Å². The summed E-state index contributed by atoms with van der Waals surface area (Å²) in [6.07, 6.45) is 0.557. The van der Waals surface area contributed by atoms with E-state index in [1.54, 1.807) is 15.6 Å². The van der Waals surface area contributed by atoms with Gasteiger partial charge < -0.3 is 10.0 Å². The first kappa shape index (κ1) is 15.6. The fraction of sp³-hybridized carbons (Fsp3) is 0.312. The van der Waals surface area contributed by atoms with Crippen molar-refractivity contribution in [2.75, 3.05) is 6.54 Å². The van der Waals surface area contributed by atoms with Crippen molar-refractivity contribution in [3.05, 3.63) is 45.7 Å². The third kappa shape index (κ3) is 2.59. The van der Waals surface area contributed by atoms with Crippen molar-refractivity contribution in [1.29, 1.82) is 0 Å². The van der Waals surface area contributed by atoms with Gasteiger partial charge in [-0.2, -0.15) is 5.10 Å². The number of carboxylic acids is 1. The molecule has 2 aromatic rings. The molecule has 120 valence electrons. The number of benzene rings is 1. The van der Waals surface area contributed by atoms with Gasteiger partial charge in [0.2, 0.25) is 5.91 Å². The second-order valence-corrected chi connectivity index (χ2v) is 5.97. The van der Waals surface area contributed by atoms with Gasteiger partial charge in [-0.25, -0.2) is 9.48 Å². The topological polar surface area (TPSA) is 75.4 Å². The van der Waals surface area contributed by atoms with Gasteiger partial charge in [-0.3, -0.25) is 4.79 Å². The molecule has 2 heterocycles. The van der Waals surface area contributed by atoms with E-state index >= 15 is 0 Å². The van der Waals surface area contributed by atoms with Gasteiger partial charge in [0.05, 0.1) is 11.4 Å². The molecule has 0 bridgehead atoms. The second kappa shape index (κ2) is 5.70. The first-order chi connectivity index (χ1) is 10.9. The van der Waals surface area contributed by atoms with Crippen LogP contribution in [0.3, 0.4) is 0 Å². The molecule has 1 N–H and O–H groups in total. The average Bonchev–Trinajstić information content (AvgIpc) is 2.88. The maximum Gasteiger partial charge on any atom is 0.356 e. The minimum Gasteiger partial charge on any atom is -0.476 e. The number of fused-ring (bicyclic) bond motifs is 1. The number of nitrogens with zero attached hydrogens (tertiary/aromatic N) is 3. The van der Waals surface area contributed by atoms with Crippen molar-refractivity contribution >= 4 is 23.5 Å². The van der Waals surface area contributed by atoms with E-state index in [0.29, 0.717) is 23.6 Å². The number of aromatic carboxylic acids is 1. The van der Waals surface area contributed by atoms with E-state index in [1.165, 1.54) is 6.92 Å². The van der Waals surface area contributed by atoms with E-state index in [2.05, 4.69) is 5.10 Å². The number of carboxylic acid groups (broad SMARTS) is 1. The Morgan fingerprint density at radius 1 is 1.35 bits per heavy atom. The molecule has 0 saturated heterocycles. The lowest BCUT2D eigenvalue weighted by molar-refractivity contribution is -0.129. The molecule has 23 heavy (non-hydrogen) atoms. The first-order valence-electron chi connectivity index (χ1n) is 7.25. The van der Waals surface area contributed by atoms with Crippen LogP contribution >= 0.6 is 11.6 Å². The van der Waals surface area contributed by atoms with E-state index in [1.807, 2.05) is 19.1 Å². The monoisotopic (exact) mass is 333 g/mol. The van der Waals surface area contributed by atoms with Crippen LogP contribution in [-0.2, 0) is 17.8 Å². The molecule has 1 aliphatic heterocycles. The number of carbonyl (C=O) groups excluding carboxylic acids is 1. The highest BCUT2D eigenvalue weighted by Crippen LogP contribution is 2.29. The van der Waals surface area contributed by atoms with Crippen LogP contribution in [0.5, 0.6) is 0 Å². The highest BCUT2D eigenvalue weighted by Gasteiger charge is 2.29. The molecule has 3 rings (SSSR count). The molecule has 1 aromatic carbocycles. The summed E-state index contributed by atoms with van der Waals surface area (Å²) < 4.78 is 1.65. The highest BCUT2D eigenvalue weighted by molar-refractivity contribution is 6.31. The molecule has 0 saturated carbocycles. The molecule has 7 heteroatoms. The summed E-state index contributed by atoms with van der Waals surface area (Å²) in [6.45, 7) is 4.17. The molecule has 1 aromatic heterocycles. The van der Waals surface area contributed by atoms with Crippen molar-refractivity contribution in [1.82, 2.24) is 14.7 Å². The van der Waals surface area contributed by atoms with Crippen LogP contribution in [0.4, 0.5) is 0 Å². The lowest BCUT2D eigenvalue weighted by Gasteiger charge is -2.26. The van der Waals surface area contributed by atoms with Crippen LogP contribution < -0.4 is 0 Å². The Morgan fingerprint density at radius 2 is 2.09 bits per heavy atom. The van der Waals surface area contributed by atoms with Gasteiger partial charge in [-0.1, -0.05) is 17.7 Å². The van der Waals surface area contributed by atoms with Gasteiger partial charge in [0.15, 0.2) is 5.69 Å². The molecule has 0 unspecified atom stereocenters. The smallest absolute Gasteiger partial charge is 0.356 e. The third-order valence-corrected chi connectivity index (χ3v) is 4.58. The predicted octanol–water partition coefficient (Wildman–Crippen LogP) is 2.44. The summed E-state index contributed by atoms with van der Waals surface area (Å²) in [4.78, 5) is 24.8. The predicted molar refractivity (Wildman–Crippen MR) is 85.1 cm³/mol. The number of amides is 1. The summed E-state index contributed by atoms with van der Waals surface area (Å²) in [5.41, 5.74) is 3.01. The molecule has 6 nitrogen and oxygen atoms in total. The van der Waals surface area contributed by atoms with Crippen LogP contribution in [0.1, 0.15) is 34.2 Å². The van der Waals surface area contributed by atoms with E-state index in [9.17, 15) is 14.7 Å². The Kier molecular flexibility index (Phi) is 3.85. The average molecular weight is 334 g/mol. The van der Waals surface area contributed by atoms with Crippen LogP contribution in [0.2, 0.25) is 5.02 Å². The second-order valence-electron chi connectivity index (χ2n) is 5.57. The molecule has 0 spiro atoms. The maximum atomic E-state index is 11.6. The molecule has 0 radical (unpaired) electrons. The van der Waals surface area contributed by atoms with Crippen molar-refractivity contribution in [3.8, 4) is 5.69 Å². The van der Waals surface area contributed by atoms with Gasteiger partial charge in [0, 0.05) is 37.0 Å². The Morgan fingerprint density at radius 3 is 2.74 bits per heavy atom. The van der Waals surface area contributed by atoms with Crippen molar-refractivity contribution < 1.29 is 14.7 Å². The lowest BCUT2D eigenvalue weighted by Crippen LogP contribution is -2.35. The number of aromatic nitrogens is 2.